The van der Waals surface area contributed by atoms with E-state index in [0.717, 1.165) is 5.56 Å². The number of halogens is 2. The minimum absolute atomic E-state index is 0.0866. The van der Waals surface area contributed by atoms with Crippen molar-refractivity contribution in [2.45, 2.75) is 26.0 Å². The van der Waals surface area contributed by atoms with E-state index < -0.39 is 17.3 Å². The average molecular weight is 336 g/mol. The first-order valence-electron chi connectivity index (χ1n) is 7.27. The molecule has 1 amide bonds. The maximum absolute atomic E-state index is 13.8. The summed E-state index contributed by atoms with van der Waals surface area (Å²) in [5.74, 6) is -1.20. The second kappa shape index (κ2) is 7.57. The highest BCUT2D eigenvalue weighted by Gasteiger charge is 2.24. The maximum Gasteiger partial charge on any atom is 0.256 e. The number of benzene rings is 2. The van der Waals surface area contributed by atoms with Gasteiger partial charge in [-0.2, -0.15) is 0 Å². The van der Waals surface area contributed by atoms with Crippen molar-refractivity contribution < 1.29 is 13.9 Å². The van der Waals surface area contributed by atoms with E-state index in [4.69, 9.17) is 16.3 Å². The van der Waals surface area contributed by atoms with Crippen molar-refractivity contribution in [1.82, 2.24) is 5.32 Å². The normalized spacial score (nSPS) is 11.3. The molecule has 0 saturated heterocycles. The Morgan fingerprint density at radius 1 is 1.17 bits per heavy atom. The maximum atomic E-state index is 13.8. The van der Waals surface area contributed by atoms with Gasteiger partial charge < -0.3 is 10.1 Å². The predicted molar refractivity (Wildman–Crippen MR) is 89.1 cm³/mol. The van der Waals surface area contributed by atoms with Gasteiger partial charge in [-0.05, 0) is 31.5 Å². The van der Waals surface area contributed by atoms with E-state index >= 15 is 0 Å². The van der Waals surface area contributed by atoms with Crippen LogP contribution in [0.4, 0.5) is 4.39 Å². The molecule has 2 aromatic rings. The summed E-state index contributed by atoms with van der Waals surface area (Å²) in [6, 6.07) is 13.9. The van der Waals surface area contributed by atoms with Gasteiger partial charge in [0.05, 0.1) is 29.3 Å². The third-order valence-electron chi connectivity index (χ3n) is 3.22. The van der Waals surface area contributed by atoms with Crippen LogP contribution in [0.15, 0.2) is 48.5 Å². The largest absolute Gasteiger partial charge is 0.374 e. The van der Waals surface area contributed by atoms with Gasteiger partial charge in [0, 0.05) is 0 Å². The Bertz CT molecular complexity index is 654. The van der Waals surface area contributed by atoms with Gasteiger partial charge in [0.25, 0.3) is 5.91 Å². The first kappa shape index (κ1) is 17.4. The summed E-state index contributed by atoms with van der Waals surface area (Å²) in [4.78, 5) is 12.2. The lowest BCUT2D eigenvalue weighted by Crippen LogP contribution is -2.47. The molecule has 3 nitrogen and oxygen atoms in total. The van der Waals surface area contributed by atoms with Crippen LogP contribution in [-0.2, 0) is 11.3 Å². The molecule has 0 radical (unpaired) electrons. The minimum atomic E-state index is -0.655. The zero-order chi connectivity index (χ0) is 16.9. The number of amides is 1. The molecule has 0 aliphatic carbocycles. The van der Waals surface area contributed by atoms with E-state index in [9.17, 15) is 9.18 Å². The quantitative estimate of drug-likeness (QED) is 0.859. The first-order valence-corrected chi connectivity index (χ1v) is 7.65. The van der Waals surface area contributed by atoms with Crippen LogP contribution in [0.5, 0.6) is 0 Å². The Morgan fingerprint density at radius 2 is 1.87 bits per heavy atom. The van der Waals surface area contributed by atoms with E-state index in [2.05, 4.69) is 5.32 Å². The van der Waals surface area contributed by atoms with Crippen LogP contribution in [0.2, 0.25) is 5.02 Å². The van der Waals surface area contributed by atoms with Crippen molar-refractivity contribution in [3.05, 3.63) is 70.5 Å². The minimum Gasteiger partial charge on any atom is -0.374 e. The molecule has 0 aliphatic rings. The third kappa shape index (κ3) is 5.05. The first-order chi connectivity index (χ1) is 10.9. The standard InChI is InChI=1S/C18H19ClFNO2/c1-18(2,12-23-11-13-7-4-3-5-8-13)21-17(22)16-14(19)9-6-10-15(16)20/h3-10H,11-12H2,1-2H3,(H,21,22). The molecule has 0 aliphatic heterocycles. The van der Waals surface area contributed by atoms with Crippen LogP contribution in [-0.4, -0.2) is 18.1 Å². The summed E-state index contributed by atoms with van der Waals surface area (Å²) < 4.78 is 19.4. The molecule has 0 unspecified atom stereocenters. The summed E-state index contributed by atoms with van der Waals surface area (Å²) >= 11 is 5.91. The Balaban J connectivity index is 1.93. The molecule has 2 aromatic carbocycles. The van der Waals surface area contributed by atoms with Gasteiger partial charge in [0.15, 0.2) is 0 Å². The van der Waals surface area contributed by atoms with Crippen LogP contribution >= 0.6 is 11.6 Å². The number of carbonyl (C=O) groups is 1. The number of rotatable bonds is 6. The van der Waals surface area contributed by atoms with Crippen LogP contribution in [0.3, 0.4) is 0 Å². The summed E-state index contributed by atoms with van der Waals surface area (Å²) in [5, 5.41) is 2.84. The lowest BCUT2D eigenvalue weighted by Gasteiger charge is -2.26. The Hall–Kier alpha value is -1.91. The molecule has 122 valence electrons. The summed E-state index contributed by atoms with van der Waals surface area (Å²) in [5.41, 5.74) is 0.245. The molecule has 23 heavy (non-hydrogen) atoms. The summed E-state index contributed by atoms with van der Waals surface area (Å²) in [6.07, 6.45) is 0. The third-order valence-corrected chi connectivity index (χ3v) is 3.53. The van der Waals surface area contributed by atoms with Gasteiger partial charge in [-0.25, -0.2) is 4.39 Å². The molecule has 0 bridgehead atoms. The predicted octanol–water partition coefficient (Wildman–Crippen LogP) is 4.20. The highest BCUT2D eigenvalue weighted by molar-refractivity contribution is 6.33. The van der Waals surface area contributed by atoms with Crippen LogP contribution < -0.4 is 5.32 Å². The molecule has 2 rings (SSSR count). The fourth-order valence-corrected chi connectivity index (χ4v) is 2.37. The molecular weight excluding hydrogens is 317 g/mol. The van der Waals surface area contributed by atoms with Crippen molar-refractivity contribution in [3.8, 4) is 0 Å². The van der Waals surface area contributed by atoms with Crippen LogP contribution in [0, 0.1) is 5.82 Å². The molecule has 0 fully saturated rings. The van der Waals surface area contributed by atoms with Crippen molar-refractivity contribution in [1.29, 1.82) is 0 Å². The Labute approximate surface area is 140 Å². The molecular formula is C18H19ClFNO2. The van der Waals surface area contributed by atoms with Gasteiger partial charge >= 0.3 is 0 Å². The number of hydrogen-bond acceptors (Lipinski definition) is 2. The average Bonchev–Trinajstić information content (AvgIpc) is 2.47. The van der Waals surface area contributed by atoms with Crippen molar-refractivity contribution in [2.24, 2.45) is 0 Å². The molecule has 0 saturated carbocycles. The fraction of sp³-hybridized carbons (Fsp3) is 0.278. The molecule has 5 heteroatoms. The SMILES string of the molecule is CC(C)(COCc1ccccc1)NC(=O)c1c(F)cccc1Cl. The molecule has 0 atom stereocenters. The Morgan fingerprint density at radius 3 is 2.52 bits per heavy atom. The fourth-order valence-electron chi connectivity index (χ4n) is 2.12. The van der Waals surface area contributed by atoms with Crippen LogP contribution in [0.1, 0.15) is 29.8 Å². The zero-order valence-electron chi connectivity index (χ0n) is 13.1. The van der Waals surface area contributed by atoms with E-state index in [1.807, 2.05) is 44.2 Å². The molecule has 1 N–H and O–H groups in total. The van der Waals surface area contributed by atoms with Crippen molar-refractivity contribution in [3.63, 3.8) is 0 Å². The van der Waals surface area contributed by atoms with E-state index in [1.54, 1.807) is 0 Å². The number of hydrogen-bond donors (Lipinski definition) is 1. The van der Waals surface area contributed by atoms with Gasteiger partial charge in [-0.3, -0.25) is 4.79 Å². The van der Waals surface area contributed by atoms with Gasteiger partial charge in [0.2, 0.25) is 0 Å². The van der Waals surface area contributed by atoms with E-state index in [1.165, 1.54) is 18.2 Å². The van der Waals surface area contributed by atoms with Crippen molar-refractivity contribution in [2.75, 3.05) is 6.61 Å². The second-order valence-corrected chi connectivity index (χ2v) is 6.32. The lowest BCUT2D eigenvalue weighted by atomic mass is 10.1. The second-order valence-electron chi connectivity index (χ2n) is 5.91. The molecule has 0 aromatic heterocycles. The highest BCUT2D eigenvalue weighted by Crippen LogP contribution is 2.20. The smallest absolute Gasteiger partial charge is 0.256 e. The number of nitrogens with one attached hydrogen (secondary N) is 1. The van der Waals surface area contributed by atoms with Gasteiger partial charge in [-0.1, -0.05) is 48.0 Å². The van der Waals surface area contributed by atoms with Gasteiger partial charge in [0.1, 0.15) is 5.82 Å². The topological polar surface area (TPSA) is 38.3 Å². The van der Waals surface area contributed by atoms with Gasteiger partial charge in [-0.15, -0.1) is 0 Å². The van der Waals surface area contributed by atoms with E-state index in [0.29, 0.717) is 13.2 Å². The lowest BCUT2D eigenvalue weighted by molar-refractivity contribution is 0.0615. The monoisotopic (exact) mass is 335 g/mol. The number of ether oxygens (including phenoxy) is 1. The van der Waals surface area contributed by atoms with E-state index in [-0.39, 0.29) is 10.6 Å². The Kier molecular flexibility index (Phi) is 5.74. The summed E-state index contributed by atoms with van der Waals surface area (Å²) in [7, 11) is 0. The van der Waals surface area contributed by atoms with Crippen molar-refractivity contribution >= 4 is 17.5 Å². The summed E-state index contributed by atoms with van der Waals surface area (Å²) in [6.45, 7) is 4.36. The zero-order valence-corrected chi connectivity index (χ0v) is 13.9. The highest BCUT2D eigenvalue weighted by atomic mass is 35.5. The molecule has 0 heterocycles. The molecule has 0 spiro atoms. The van der Waals surface area contributed by atoms with Crippen LogP contribution in [0.25, 0.3) is 0 Å². The number of carbonyl (C=O) groups excluding carboxylic acids is 1.